The second-order valence-electron chi connectivity index (χ2n) is 6.24. The van der Waals surface area contributed by atoms with E-state index >= 15 is 0 Å². The Labute approximate surface area is 131 Å². The van der Waals surface area contributed by atoms with Crippen molar-refractivity contribution in [3.8, 4) is 5.75 Å². The van der Waals surface area contributed by atoms with Crippen LogP contribution in [0.3, 0.4) is 0 Å². The molecule has 1 aromatic heterocycles. The van der Waals surface area contributed by atoms with Gasteiger partial charge in [-0.3, -0.25) is 4.79 Å². The molecule has 0 bridgehead atoms. The summed E-state index contributed by atoms with van der Waals surface area (Å²) < 4.78 is 7.47. The van der Waals surface area contributed by atoms with E-state index in [0.717, 1.165) is 24.2 Å². The van der Waals surface area contributed by atoms with Gasteiger partial charge in [0.25, 0.3) is 0 Å². The van der Waals surface area contributed by atoms with Gasteiger partial charge in [-0.2, -0.15) is 0 Å². The molecule has 0 fully saturated rings. The van der Waals surface area contributed by atoms with Gasteiger partial charge in [0.15, 0.2) is 6.29 Å². The van der Waals surface area contributed by atoms with Crippen molar-refractivity contribution >= 4 is 6.29 Å². The highest BCUT2D eigenvalue weighted by Gasteiger charge is 2.13. The largest absolute Gasteiger partial charge is 0.492 e. The van der Waals surface area contributed by atoms with Crippen molar-refractivity contribution in [3.05, 3.63) is 41.2 Å². The number of carbonyl (C=O) groups is 1. The third-order valence-electron chi connectivity index (χ3n) is 3.61. The van der Waals surface area contributed by atoms with Crippen LogP contribution in [0.1, 0.15) is 49.4 Å². The average molecular weight is 301 g/mol. The van der Waals surface area contributed by atoms with Gasteiger partial charge in [0, 0.05) is 0 Å². The van der Waals surface area contributed by atoms with E-state index in [2.05, 4.69) is 43.2 Å². The first-order chi connectivity index (χ1) is 10.5. The molecule has 22 heavy (non-hydrogen) atoms. The molecular formula is C17H23N3O2. The third kappa shape index (κ3) is 3.72. The Bertz CT molecular complexity index is 624. The maximum atomic E-state index is 10.9. The number of carbonyl (C=O) groups excluding carboxylic acids is 1. The molecule has 0 radical (unpaired) electrons. The lowest BCUT2D eigenvalue weighted by Crippen LogP contribution is -2.13. The smallest absolute Gasteiger partial charge is 0.172 e. The van der Waals surface area contributed by atoms with Crippen LogP contribution in [0.25, 0.3) is 0 Å². The summed E-state index contributed by atoms with van der Waals surface area (Å²) in [6.45, 7) is 9.60. The van der Waals surface area contributed by atoms with Crippen LogP contribution in [-0.2, 0) is 18.4 Å². The molecule has 0 amide bonds. The van der Waals surface area contributed by atoms with Crippen molar-refractivity contribution in [2.24, 2.45) is 0 Å². The lowest BCUT2D eigenvalue weighted by molar-refractivity contribution is 0.111. The summed E-state index contributed by atoms with van der Waals surface area (Å²) in [5.41, 5.74) is 2.68. The van der Waals surface area contributed by atoms with E-state index in [9.17, 15) is 4.79 Å². The van der Waals surface area contributed by atoms with Crippen LogP contribution in [0.5, 0.6) is 5.75 Å². The number of benzene rings is 1. The average Bonchev–Trinajstić information content (AvgIpc) is 2.89. The van der Waals surface area contributed by atoms with Crippen LogP contribution >= 0.6 is 0 Å². The zero-order valence-corrected chi connectivity index (χ0v) is 13.7. The van der Waals surface area contributed by atoms with Gasteiger partial charge in [0.05, 0.1) is 12.2 Å². The molecule has 0 saturated heterocycles. The summed E-state index contributed by atoms with van der Waals surface area (Å²) in [5.74, 6) is 0.835. The zero-order chi connectivity index (χ0) is 16.2. The van der Waals surface area contributed by atoms with E-state index in [1.54, 1.807) is 4.68 Å². The monoisotopic (exact) mass is 301 g/mol. The highest BCUT2D eigenvalue weighted by molar-refractivity contribution is 5.73. The molecule has 2 rings (SSSR count). The molecule has 0 N–H and O–H groups in total. The summed E-state index contributed by atoms with van der Waals surface area (Å²) in [7, 11) is 0. The van der Waals surface area contributed by atoms with Crippen LogP contribution in [0.4, 0.5) is 0 Å². The van der Waals surface area contributed by atoms with E-state index in [1.807, 2.05) is 19.1 Å². The number of aldehydes is 1. The molecule has 0 unspecified atom stereocenters. The summed E-state index contributed by atoms with van der Waals surface area (Å²) in [4.78, 5) is 10.9. The molecule has 5 heteroatoms. The number of hydrogen-bond donors (Lipinski definition) is 0. The summed E-state index contributed by atoms with van der Waals surface area (Å²) in [5, 5.41) is 7.85. The molecule has 0 spiro atoms. The maximum absolute atomic E-state index is 10.9. The Morgan fingerprint density at radius 3 is 2.45 bits per heavy atom. The quantitative estimate of drug-likeness (QED) is 0.770. The van der Waals surface area contributed by atoms with Gasteiger partial charge in [-0.25, -0.2) is 4.68 Å². The van der Waals surface area contributed by atoms with Crippen LogP contribution in [0.15, 0.2) is 24.3 Å². The number of aromatic nitrogens is 3. The Hall–Kier alpha value is -2.17. The predicted octanol–water partition coefficient (Wildman–Crippen LogP) is 3.03. The van der Waals surface area contributed by atoms with E-state index < -0.39 is 0 Å². The standard InChI is InChI=1S/C17H23N3O2/c1-5-16-15(12-21)18-19-20(16)10-11-22-14-8-6-13(7-9-14)17(2,3)4/h6-9,12H,5,10-11H2,1-4H3. The molecule has 0 atom stereocenters. The van der Waals surface area contributed by atoms with E-state index in [1.165, 1.54) is 5.56 Å². The molecule has 0 aliphatic carbocycles. The lowest BCUT2D eigenvalue weighted by atomic mass is 9.87. The van der Waals surface area contributed by atoms with E-state index in [0.29, 0.717) is 18.8 Å². The molecule has 5 nitrogen and oxygen atoms in total. The van der Waals surface area contributed by atoms with Crippen molar-refractivity contribution in [1.29, 1.82) is 0 Å². The second kappa shape index (κ2) is 6.73. The molecular weight excluding hydrogens is 278 g/mol. The van der Waals surface area contributed by atoms with Gasteiger partial charge in [-0.15, -0.1) is 5.10 Å². The molecule has 2 aromatic rings. The summed E-state index contributed by atoms with van der Waals surface area (Å²) in [6, 6.07) is 8.15. The Morgan fingerprint density at radius 1 is 1.23 bits per heavy atom. The number of ether oxygens (including phenoxy) is 1. The van der Waals surface area contributed by atoms with Gasteiger partial charge >= 0.3 is 0 Å². The normalized spacial score (nSPS) is 11.5. The molecule has 0 saturated carbocycles. The summed E-state index contributed by atoms with van der Waals surface area (Å²) in [6.07, 6.45) is 1.47. The van der Waals surface area contributed by atoms with Crippen LogP contribution < -0.4 is 4.74 Å². The fourth-order valence-electron chi connectivity index (χ4n) is 2.28. The zero-order valence-electron chi connectivity index (χ0n) is 13.7. The maximum Gasteiger partial charge on any atom is 0.172 e. The Kier molecular flexibility index (Phi) is 4.96. The first kappa shape index (κ1) is 16.2. The van der Waals surface area contributed by atoms with Gasteiger partial charge < -0.3 is 4.74 Å². The topological polar surface area (TPSA) is 57.0 Å². The fourth-order valence-corrected chi connectivity index (χ4v) is 2.28. The summed E-state index contributed by atoms with van der Waals surface area (Å²) >= 11 is 0. The van der Waals surface area contributed by atoms with Crippen molar-refractivity contribution in [1.82, 2.24) is 15.0 Å². The van der Waals surface area contributed by atoms with Gasteiger partial charge in [0.1, 0.15) is 18.1 Å². The fraction of sp³-hybridized carbons (Fsp3) is 0.471. The number of rotatable bonds is 6. The van der Waals surface area contributed by atoms with E-state index in [-0.39, 0.29) is 5.41 Å². The SMILES string of the molecule is CCc1c(C=O)nnn1CCOc1ccc(C(C)(C)C)cc1. The first-order valence-electron chi connectivity index (χ1n) is 7.56. The predicted molar refractivity (Wildman–Crippen MR) is 85.4 cm³/mol. The Morgan fingerprint density at radius 2 is 1.91 bits per heavy atom. The van der Waals surface area contributed by atoms with Crippen molar-refractivity contribution in [2.75, 3.05) is 6.61 Å². The van der Waals surface area contributed by atoms with Crippen LogP contribution in [0, 0.1) is 0 Å². The molecule has 118 valence electrons. The number of hydrogen-bond acceptors (Lipinski definition) is 4. The van der Waals surface area contributed by atoms with Crippen molar-refractivity contribution < 1.29 is 9.53 Å². The van der Waals surface area contributed by atoms with Gasteiger partial charge in [0.2, 0.25) is 0 Å². The van der Waals surface area contributed by atoms with Crippen molar-refractivity contribution in [3.63, 3.8) is 0 Å². The lowest BCUT2D eigenvalue weighted by Gasteiger charge is -2.19. The van der Waals surface area contributed by atoms with Gasteiger partial charge in [-0.1, -0.05) is 45.0 Å². The molecule has 0 aliphatic heterocycles. The third-order valence-corrected chi connectivity index (χ3v) is 3.61. The first-order valence-corrected chi connectivity index (χ1v) is 7.56. The number of nitrogens with zero attached hydrogens (tertiary/aromatic N) is 3. The molecule has 0 aliphatic rings. The Balaban J connectivity index is 1.94. The van der Waals surface area contributed by atoms with Crippen LogP contribution in [0.2, 0.25) is 0 Å². The molecule has 1 aromatic carbocycles. The minimum atomic E-state index is 0.139. The second-order valence-corrected chi connectivity index (χ2v) is 6.24. The minimum Gasteiger partial charge on any atom is -0.492 e. The van der Waals surface area contributed by atoms with Crippen LogP contribution in [-0.4, -0.2) is 27.9 Å². The van der Waals surface area contributed by atoms with E-state index in [4.69, 9.17) is 4.74 Å². The molecule has 1 heterocycles. The van der Waals surface area contributed by atoms with Gasteiger partial charge in [-0.05, 0) is 29.5 Å². The highest BCUT2D eigenvalue weighted by atomic mass is 16.5. The van der Waals surface area contributed by atoms with Crippen molar-refractivity contribution in [2.45, 2.75) is 46.1 Å². The minimum absolute atomic E-state index is 0.139. The highest BCUT2D eigenvalue weighted by Crippen LogP contribution is 2.24.